The van der Waals surface area contributed by atoms with E-state index in [2.05, 4.69) is 32.5 Å². The summed E-state index contributed by atoms with van der Waals surface area (Å²) < 4.78 is 0. The first kappa shape index (κ1) is 15.3. The molecule has 120 valence electrons. The van der Waals surface area contributed by atoms with Gasteiger partial charge in [0.25, 0.3) is 0 Å². The van der Waals surface area contributed by atoms with Crippen LogP contribution in [0.3, 0.4) is 0 Å². The van der Waals surface area contributed by atoms with Gasteiger partial charge in [-0.25, -0.2) is 4.79 Å². The monoisotopic (exact) mass is 311 g/mol. The molecule has 0 atom stereocenters. The van der Waals surface area contributed by atoms with Crippen molar-refractivity contribution in [1.29, 1.82) is 0 Å². The summed E-state index contributed by atoms with van der Waals surface area (Å²) >= 11 is 0. The third kappa shape index (κ3) is 4.20. The number of hydrogen-bond donors (Lipinski definition) is 2. The molecule has 0 spiro atoms. The van der Waals surface area contributed by atoms with Crippen LogP contribution in [0.1, 0.15) is 0 Å². The van der Waals surface area contributed by atoms with Gasteiger partial charge in [0.05, 0.1) is 0 Å². The first-order chi connectivity index (χ1) is 11.2. The number of urea groups is 1. The second-order valence-electron chi connectivity index (χ2n) is 5.65. The van der Waals surface area contributed by atoms with Crippen LogP contribution in [0.2, 0.25) is 0 Å². The summed E-state index contributed by atoms with van der Waals surface area (Å²) in [6, 6.07) is 11.2. The number of aromatic nitrogens is 1. The SMILES string of the molecule is CN1CCN(c2ccc(NC(=O)Nc3ccncc3)cc2)CC1. The summed E-state index contributed by atoms with van der Waals surface area (Å²) in [5, 5.41) is 5.60. The Morgan fingerprint density at radius 2 is 1.48 bits per heavy atom. The lowest BCUT2D eigenvalue weighted by atomic mass is 10.2. The molecule has 1 fully saturated rings. The van der Waals surface area contributed by atoms with E-state index >= 15 is 0 Å². The van der Waals surface area contributed by atoms with Crippen molar-refractivity contribution >= 4 is 23.1 Å². The predicted octanol–water partition coefficient (Wildman–Crippen LogP) is 2.48. The number of rotatable bonds is 3. The summed E-state index contributed by atoms with van der Waals surface area (Å²) in [6.45, 7) is 4.22. The summed E-state index contributed by atoms with van der Waals surface area (Å²) in [5.74, 6) is 0. The van der Waals surface area contributed by atoms with Gasteiger partial charge in [-0.2, -0.15) is 0 Å². The fraction of sp³-hybridized carbons (Fsp3) is 0.294. The second-order valence-corrected chi connectivity index (χ2v) is 5.65. The number of pyridine rings is 1. The Morgan fingerprint density at radius 3 is 2.09 bits per heavy atom. The van der Waals surface area contributed by atoms with Crippen LogP contribution in [0.15, 0.2) is 48.8 Å². The van der Waals surface area contributed by atoms with Crippen LogP contribution in [-0.2, 0) is 0 Å². The van der Waals surface area contributed by atoms with Gasteiger partial charge in [-0.15, -0.1) is 0 Å². The molecule has 2 aromatic rings. The lowest BCUT2D eigenvalue weighted by Gasteiger charge is -2.34. The molecule has 2 amide bonds. The molecule has 1 aliphatic heterocycles. The van der Waals surface area contributed by atoms with Crippen LogP contribution in [0.4, 0.5) is 21.9 Å². The summed E-state index contributed by atoms with van der Waals surface area (Å²) in [4.78, 5) is 20.6. The van der Waals surface area contributed by atoms with Crippen molar-refractivity contribution in [3.05, 3.63) is 48.8 Å². The van der Waals surface area contributed by atoms with Crippen molar-refractivity contribution < 1.29 is 4.79 Å². The van der Waals surface area contributed by atoms with Gasteiger partial charge in [-0.05, 0) is 43.4 Å². The third-order valence-electron chi connectivity index (χ3n) is 3.93. The topological polar surface area (TPSA) is 60.5 Å². The highest BCUT2D eigenvalue weighted by atomic mass is 16.2. The maximum atomic E-state index is 11.9. The predicted molar refractivity (Wildman–Crippen MR) is 93.0 cm³/mol. The van der Waals surface area contributed by atoms with E-state index in [-0.39, 0.29) is 6.03 Å². The van der Waals surface area contributed by atoms with Crippen LogP contribution in [0.25, 0.3) is 0 Å². The smallest absolute Gasteiger partial charge is 0.323 e. The van der Waals surface area contributed by atoms with Crippen LogP contribution in [0.5, 0.6) is 0 Å². The molecule has 0 aliphatic carbocycles. The molecule has 2 heterocycles. The maximum absolute atomic E-state index is 11.9. The Kier molecular flexibility index (Phi) is 4.73. The van der Waals surface area contributed by atoms with Crippen molar-refractivity contribution in [1.82, 2.24) is 9.88 Å². The van der Waals surface area contributed by atoms with E-state index in [0.717, 1.165) is 31.9 Å². The fourth-order valence-electron chi connectivity index (χ4n) is 2.55. The summed E-state index contributed by atoms with van der Waals surface area (Å²) in [5.41, 5.74) is 2.68. The number of nitrogens with zero attached hydrogens (tertiary/aromatic N) is 3. The molecule has 23 heavy (non-hydrogen) atoms. The van der Waals surface area contributed by atoms with E-state index in [4.69, 9.17) is 0 Å². The van der Waals surface area contributed by atoms with Crippen LogP contribution < -0.4 is 15.5 Å². The number of nitrogens with one attached hydrogen (secondary N) is 2. The van der Waals surface area contributed by atoms with Gasteiger partial charge in [-0.3, -0.25) is 4.98 Å². The van der Waals surface area contributed by atoms with Gasteiger partial charge < -0.3 is 20.4 Å². The lowest BCUT2D eigenvalue weighted by Crippen LogP contribution is -2.44. The Balaban J connectivity index is 1.56. The van der Waals surface area contributed by atoms with Gasteiger partial charge in [0.1, 0.15) is 0 Å². The fourth-order valence-corrected chi connectivity index (χ4v) is 2.55. The van der Waals surface area contributed by atoms with Crippen LogP contribution in [-0.4, -0.2) is 49.1 Å². The van der Waals surface area contributed by atoms with E-state index in [0.29, 0.717) is 5.69 Å². The average Bonchev–Trinajstić information content (AvgIpc) is 2.57. The lowest BCUT2D eigenvalue weighted by molar-refractivity contribution is 0.262. The van der Waals surface area contributed by atoms with Crippen molar-refractivity contribution in [2.75, 3.05) is 48.8 Å². The van der Waals surface area contributed by atoms with E-state index in [1.165, 1.54) is 5.69 Å². The van der Waals surface area contributed by atoms with E-state index in [1.807, 2.05) is 24.3 Å². The molecule has 1 aliphatic rings. The van der Waals surface area contributed by atoms with Crippen molar-refractivity contribution in [2.24, 2.45) is 0 Å². The molecule has 0 unspecified atom stereocenters. The minimum Gasteiger partial charge on any atom is -0.369 e. The molecular formula is C17H21N5O. The number of piperazine rings is 1. The summed E-state index contributed by atoms with van der Waals surface area (Å²) in [6.07, 6.45) is 3.28. The number of benzene rings is 1. The van der Waals surface area contributed by atoms with Crippen molar-refractivity contribution in [3.8, 4) is 0 Å². The van der Waals surface area contributed by atoms with Gasteiger partial charge in [0.2, 0.25) is 0 Å². The van der Waals surface area contributed by atoms with Crippen LogP contribution in [0, 0.1) is 0 Å². The molecule has 3 rings (SSSR count). The summed E-state index contributed by atoms with van der Waals surface area (Å²) in [7, 11) is 2.14. The second kappa shape index (κ2) is 7.11. The van der Waals surface area contributed by atoms with E-state index < -0.39 is 0 Å². The van der Waals surface area contributed by atoms with E-state index in [9.17, 15) is 4.79 Å². The molecule has 6 heteroatoms. The number of anilines is 3. The standard InChI is InChI=1S/C17H21N5O/c1-21-10-12-22(13-11-21)16-4-2-14(3-5-16)19-17(23)20-15-6-8-18-9-7-15/h2-9H,10-13H2,1H3,(H2,18,19,20,23). The molecule has 1 aromatic carbocycles. The minimum atomic E-state index is -0.261. The number of likely N-dealkylation sites (N-methyl/N-ethyl adjacent to an activating group) is 1. The Morgan fingerprint density at radius 1 is 0.913 bits per heavy atom. The quantitative estimate of drug-likeness (QED) is 0.914. The van der Waals surface area contributed by atoms with E-state index in [1.54, 1.807) is 24.5 Å². The molecule has 0 saturated carbocycles. The van der Waals surface area contributed by atoms with Crippen molar-refractivity contribution in [2.45, 2.75) is 0 Å². The molecule has 0 radical (unpaired) electrons. The Hall–Kier alpha value is -2.60. The van der Waals surface area contributed by atoms with Gasteiger partial charge in [0, 0.05) is 55.6 Å². The highest BCUT2D eigenvalue weighted by Gasteiger charge is 2.14. The highest BCUT2D eigenvalue weighted by Crippen LogP contribution is 2.19. The molecular weight excluding hydrogens is 290 g/mol. The highest BCUT2D eigenvalue weighted by molar-refractivity contribution is 5.99. The van der Waals surface area contributed by atoms with Gasteiger partial charge >= 0.3 is 6.03 Å². The molecule has 0 bridgehead atoms. The first-order valence-corrected chi connectivity index (χ1v) is 7.72. The average molecular weight is 311 g/mol. The van der Waals surface area contributed by atoms with Crippen molar-refractivity contribution in [3.63, 3.8) is 0 Å². The molecule has 1 saturated heterocycles. The molecule has 1 aromatic heterocycles. The third-order valence-corrected chi connectivity index (χ3v) is 3.93. The zero-order chi connectivity index (χ0) is 16.1. The number of carbonyl (C=O) groups excluding carboxylic acids is 1. The number of carbonyl (C=O) groups is 1. The Labute approximate surface area is 136 Å². The molecule has 6 nitrogen and oxygen atoms in total. The zero-order valence-electron chi connectivity index (χ0n) is 13.2. The zero-order valence-corrected chi connectivity index (χ0v) is 13.2. The largest absolute Gasteiger partial charge is 0.369 e. The maximum Gasteiger partial charge on any atom is 0.323 e. The van der Waals surface area contributed by atoms with Gasteiger partial charge in [-0.1, -0.05) is 0 Å². The normalized spacial score (nSPS) is 15.3. The number of hydrogen-bond acceptors (Lipinski definition) is 4. The minimum absolute atomic E-state index is 0.261. The van der Waals surface area contributed by atoms with Crippen LogP contribution >= 0.6 is 0 Å². The van der Waals surface area contributed by atoms with Gasteiger partial charge in [0.15, 0.2) is 0 Å². The molecule has 2 N–H and O–H groups in total. The Bertz CT molecular complexity index is 636. The first-order valence-electron chi connectivity index (χ1n) is 7.72. The number of amides is 2.